The van der Waals surface area contributed by atoms with Crippen LogP contribution in [0.15, 0.2) is 16.6 Å². The average Bonchev–Trinajstić information content (AvgIpc) is 2.34. The number of hydrogen-bond acceptors (Lipinski definition) is 2. The van der Waals surface area contributed by atoms with Crippen LogP contribution < -0.4 is 10.5 Å². The van der Waals surface area contributed by atoms with Crippen molar-refractivity contribution in [3.8, 4) is 5.75 Å². The van der Waals surface area contributed by atoms with Gasteiger partial charge in [0.05, 0.1) is 11.6 Å². The predicted molar refractivity (Wildman–Crippen MR) is 81.3 cm³/mol. The van der Waals surface area contributed by atoms with Crippen LogP contribution in [0.1, 0.15) is 44.7 Å². The molecule has 2 nitrogen and oxygen atoms in total. The Morgan fingerprint density at radius 2 is 2.11 bits per heavy atom. The molecule has 1 aromatic carbocycles. The first kappa shape index (κ1) is 15.8. The number of methoxy groups -OCH3 is 1. The van der Waals surface area contributed by atoms with Crippen LogP contribution in [0.3, 0.4) is 0 Å². The molecular weight excluding hydrogens is 314 g/mol. The smallest absolute Gasteiger partial charge is 0.137 e. The van der Waals surface area contributed by atoms with Gasteiger partial charge in [-0.05, 0) is 40.4 Å². The molecule has 0 saturated carbocycles. The summed E-state index contributed by atoms with van der Waals surface area (Å²) in [6.45, 7) is 4.36. The molecule has 0 aliphatic carbocycles. The van der Waals surface area contributed by atoms with Crippen LogP contribution in [0.4, 0.5) is 0 Å². The fourth-order valence-corrected chi connectivity index (χ4v) is 3.05. The Morgan fingerprint density at radius 3 is 2.67 bits per heavy atom. The Balaban J connectivity index is 3.00. The van der Waals surface area contributed by atoms with E-state index in [1.165, 1.54) is 12.8 Å². The monoisotopic (exact) mass is 333 g/mol. The molecule has 2 N–H and O–H groups in total. The highest BCUT2D eigenvalue weighted by molar-refractivity contribution is 9.10. The summed E-state index contributed by atoms with van der Waals surface area (Å²) in [5.41, 5.74) is 7.31. The molecule has 0 radical (unpaired) electrons. The predicted octanol–water partition coefficient (Wildman–Crippen LogP) is 4.94. The molecule has 0 saturated heterocycles. The zero-order chi connectivity index (χ0) is 13.7. The highest BCUT2D eigenvalue weighted by Crippen LogP contribution is 2.38. The number of unbranched alkanes of at least 4 members (excludes halogenated alkanes) is 1. The maximum atomic E-state index is 6.33. The molecule has 1 rings (SSSR count). The summed E-state index contributed by atoms with van der Waals surface area (Å²) in [6, 6.07) is 3.67. The minimum absolute atomic E-state index is 0.0542. The van der Waals surface area contributed by atoms with Crippen LogP contribution in [0, 0.1) is 5.92 Å². The lowest BCUT2D eigenvalue weighted by molar-refractivity contribution is 0.378. The highest BCUT2D eigenvalue weighted by Gasteiger charge is 2.20. The van der Waals surface area contributed by atoms with Crippen LogP contribution in [0.5, 0.6) is 5.75 Å². The molecular formula is C14H21BrClNO. The molecule has 102 valence electrons. The van der Waals surface area contributed by atoms with Crippen molar-refractivity contribution >= 4 is 27.5 Å². The van der Waals surface area contributed by atoms with Crippen LogP contribution in [0.25, 0.3) is 0 Å². The second kappa shape index (κ2) is 7.37. The fourth-order valence-electron chi connectivity index (χ4n) is 2.06. The first-order chi connectivity index (χ1) is 8.51. The number of benzene rings is 1. The second-order valence-electron chi connectivity index (χ2n) is 4.66. The summed E-state index contributed by atoms with van der Waals surface area (Å²) in [4.78, 5) is 0. The SMILES string of the molecule is CCCCC(C)C(N)c1cc(Cl)cc(Br)c1OC. The maximum Gasteiger partial charge on any atom is 0.137 e. The lowest BCUT2D eigenvalue weighted by atomic mass is 9.90. The van der Waals surface area contributed by atoms with Crippen molar-refractivity contribution in [3.63, 3.8) is 0 Å². The molecule has 0 heterocycles. The normalized spacial score (nSPS) is 14.3. The first-order valence-corrected chi connectivity index (χ1v) is 7.46. The van der Waals surface area contributed by atoms with Gasteiger partial charge in [-0.2, -0.15) is 0 Å². The minimum atomic E-state index is -0.0542. The van der Waals surface area contributed by atoms with E-state index in [1.54, 1.807) is 7.11 Å². The number of rotatable bonds is 6. The topological polar surface area (TPSA) is 35.2 Å². The zero-order valence-electron chi connectivity index (χ0n) is 11.2. The van der Waals surface area contributed by atoms with Crippen LogP contribution in [-0.4, -0.2) is 7.11 Å². The fraction of sp³-hybridized carbons (Fsp3) is 0.571. The van der Waals surface area contributed by atoms with Gasteiger partial charge in [0.1, 0.15) is 5.75 Å². The Bertz CT molecular complexity index is 398. The van der Waals surface area contributed by atoms with E-state index in [9.17, 15) is 0 Å². The largest absolute Gasteiger partial charge is 0.495 e. The lowest BCUT2D eigenvalue weighted by Gasteiger charge is -2.23. The third-order valence-electron chi connectivity index (χ3n) is 3.23. The van der Waals surface area contributed by atoms with E-state index in [-0.39, 0.29) is 6.04 Å². The van der Waals surface area contributed by atoms with Crippen molar-refractivity contribution in [3.05, 3.63) is 27.2 Å². The van der Waals surface area contributed by atoms with E-state index >= 15 is 0 Å². The third kappa shape index (κ3) is 3.87. The molecule has 18 heavy (non-hydrogen) atoms. The van der Waals surface area contributed by atoms with E-state index in [1.807, 2.05) is 12.1 Å². The Hall–Kier alpha value is -0.250. The minimum Gasteiger partial charge on any atom is -0.495 e. The van der Waals surface area contributed by atoms with Crippen molar-refractivity contribution in [1.29, 1.82) is 0 Å². The molecule has 0 spiro atoms. The van der Waals surface area contributed by atoms with Crippen molar-refractivity contribution in [2.24, 2.45) is 11.7 Å². The Labute approximate surface area is 123 Å². The summed E-state index contributed by atoms with van der Waals surface area (Å²) in [5.74, 6) is 1.19. The van der Waals surface area contributed by atoms with Crippen molar-refractivity contribution in [1.82, 2.24) is 0 Å². The number of halogens is 2. The van der Waals surface area contributed by atoms with Crippen LogP contribution in [0.2, 0.25) is 5.02 Å². The van der Waals surface area contributed by atoms with Crippen molar-refractivity contribution in [2.45, 2.75) is 39.2 Å². The summed E-state index contributed by atoms with van der Waals surface area (Å²) in [5, 5.41) is 0.677. The molecule has 1 aromatic rings. The Morgan fingerprint density at radius 1 is 1.44 bits per heavy atom. The van der Waals surface area contributed by atoms with E-state index in [2.05, 4.69) is 29.8 Å². The van der Waals surface area contributed by atoms with Crippen molar-refractivity contribution in [2.75, 3.05) is 7.11 Å². The van der Waals surface area contributed by atoms with Gasteiger partial charge in [-0.3, -0.25) is 0 Å². The van der Waals surface area contributed by atoms with Gasteiger partial charge < -0.3 is 10.5 Å². The lowest BCUT2D eigenvalue weighted by Crippen LogP contribution is -2.20. The quantitative estimate of drug-likeness (QED) is 0.800. The summed E-state index contributed by atoms with van der Waals surface area (Å²) in [7, 11) is 1.65. The van der Waals surface area contributed by atoms with E-state index in [4.69, 9.17) is 22.1 Å². The van der Waals surface area contributed by atoms with Gasteiger partial charge in [0.2, 0.25) is 0 Å². The van der Waals surface area contributed by atoms with E-state index in [0.717, 1.165) is 22.2 Å². The van der Waals surface area contributed by atoms with Gasteiger partial charge in [0.15, 0.2) is 0 Å². The molecule has 0 aliphatic heterocycles. The van der Waals surface area contributed by atoms with Crippen molar-refractivity contribution < 1.29 is 4.74 Å². The second-order valence-corrected chi connectivity index (χ2v) is 5.95. The average molecular weight is 335 g/mol. The molecule has 2 unspecified atom stereocenters. The number of ether oxygens (including phenoxy) is 1. The highest BCUT2D eigenvalue weighted by atomic mass is 79.9. The zero-order valence-corrected chi connectivity index (χ0v) is 13.5. The summed E-state index contributed by atoms with van der Waals surface area (Å²) >= 11 is 9.55. The molecule has 0 bridgehead atoms. The van der Waals surface area contributed by atoms with Gasteiger partial charge in [0, 0.05) is 16.6 Å². The number of hydrogen-bond donors (Lipinski definition) is 1. The molecule has 0 amide bonds. The molecule has 2 atom stereocenters. The van der Waals surface area contributed by atoms with Crippen LogP contribution in [-0.2, 0) is 0 Å². The summed E-state index contributed by atoms with van der Waals surface area (Å²) in [6.07, 6.45) is 3.50. The standard InChI is InChI=1S/C14H21BrClNO/c1-4-5-6-9(2)13(17)11-7-10(16)8-12(15)14(11)18-3/h7-9,13H,4-6,17H2,1-3H3. The summed E-state index contributed by atoms with van der Waals surface area (Å²) < 4.78 is 6.27. The third-order valence-corrected chi connectivity index (χ3v) is 4.03. The first-order valence-electron chi connectivity index (χ1n) is 6.29. The van der Waals surface area contributed by atoms with E-state index < -0.39 is 0 Å². The Kier molecular flexibility index (Phi) is 6.47. The molecule has 0 aliphatic rings. The maximum absolute atomic E-state index is 6.33. The van der Waals surface area contributed by atoms with Gasteiger partial charge in [-0.15, -0.1) is 0 Å². The van der Waals surface area contributed by atoms with E-state index in [0.29, 0.717) is 10.9 Å². The van der Waals surface area contributed by atoms with Gasteiger partial charge in [0.25, 0.3) is 0 Å². The van der Waals surface area contributed by atoms with Gasteiger partial charge in [-0.1, -0.05) is 38.3 Å². The van der Waals surface area contributed by atoms with Gasteiger partial charge in [-0.25, -0.2) is 0 Å². The molecule has 0 aromatic heterocycles. The molecule has 0 fully saturated rings. The van der Waals surface area contributed by atoms with Crippen LogP contribution >= 0.6 is 27.5 Å². The number of nitrogens with two attached hydrogens (primary N) is 1. The molecule has 4 heteroatoms. The van der Waals surface area contributed by atoms with Gasteiger partial charge >= 0.3 is 0 Å².